The first-order chi connectivity index (χ1) is 26.7. The number of nitrogens with one attached hydrogen (secondary N) is 2. The van der Waals surface area contributed by atoms with Crippen LogP contribution in [0.15, 0.2) is 66.9 Å². The van der Waals surface area contributed by atoms with E-state index in [-0.39, 0.29) is 49.9 Å². The number of methoxy groups -OCH3 is 1. The van der Waals surface area contributed by atoms with Crippen molar-refractivity contribution in [3.05, 3.63) is 83.8 Å². The lowest BCUT2D eigenvalue weighted by Crippen LogP contribution is -2.55. The zero-order valence-electron chi connectivity index (χ0n) is 33.4. The van der Waals surface area contributed by atoms with Gasteiger partial charge in [0.05, 0.1) is 51.2 Å². The Morgan fingerprint density at radius 2 is 1.68 bits per heavy atom. The molecule has 11 nitrogen and oxygen atoms in total. The molecule has 2 fully saturated rings. The standard InChI is InChI=1S/C44H59FN4O7/c1-28-26-56-27-39(52)41(28)48-42(53)33(21-31-10-6-7-11-36(31)45)22-38(51)37(20-29-12-14-30(15-13-29)32-16-17-40(55-5)46-24-32)47-43(54)35(44(2,3)4)23-34(50)25-49-18-8-9-19-49/h6-7,10-17,24,28,33,35,37-39,41,51-52H,8-9,18-23,25-27H2,1-5H3,(H,47,54)(H,48,53)/t28-,33-,35-,37+,38+,39-,41+/m1/s1. The van der Waals surface area contributed by atoms with Gasteiger partial charge in [-0.25, -0.2) is 9.37 Å². The number of hydrogen-bond donors (Lipinski definition) is 4. The molecule has 56 heavy (non-hydrogen) atoms. The summed E-state index contributed by atoms with van der Waals surface area (Å²) >= 11 is 0. The van der Waals surface area contributed by atoms with Crippen LogP contribution >= 0.6 is 0 Å². The van der Waals surface area contributed by atoms with Crippen LogP contribution in [0.4, 0.5) is 4.39 Å². The van der Waals surface area contributed by atoms with Crippen molar-refractivity contribution in [2.45, 2.75) is 90.5 Å². The Kier molecular flexibility index (Phi) is 15.1. The summed E-state index contributed by atoms with van der Waals surface area (Å²) in [7, 11) is 1.56. The number of ketones is 1. The lowest BCUT2D eigenvalue weighted by Gasteiger charge is -2.36. The van der Waals surface area contributed by atoms with Crippen LogP contribution < -0.4 is 15.4 Å². The van der Waals surface area contributed by atoms with Gasteiger partial charge < -0.3 is 30.3 Å². The Labute approximate surface area is 330 Å². The molecule has 12 heteroatoms. The van der Waals surface area contributed by atoms with Gasteiger partial charge in [-0.2, -0.15) is 0 Å². The number of halogens is 1. The maximum atomic E-state index is 15.0. The van der Waals surface area contributed by atoms with E-state index < -0.39 is 53.3 Å². The van der Waals surface area contributed by atoms with Gasteiger partial charge in [-0.15, -0.1) is 0 Å². The van der Waals surface area contributed by atoms with E-state index in [1.807, 2.05) is 58.0 Å². The van der Waals surface area contributed by atoms with Crippen molar-refractivity contribution in [1.82, 2.24) is 20.5 Å². The largest absolute Gasteiger partial charge is 0.481 e. The smallest absolute Gasteiger partial charge is 0.224 e. The van der Waals surface area contributed by atoms with Gasteiger partial charge in [0.1, 0.15) is 11.6 Å². The van der Waals surface area contributed by atoms with E-state index in [9.17, 15) is 24.6 Å². The molecule has 0 spiro atoms. The quantitative estimate of drug-likeness (QED) is 0.152. The second-order valence-corrected chi connectivity index (χ2v) is 16.7. The lowest BCUT2D eigenvalue weighted by molar-refractivity contribution is -0.134. The summed E-state index contributed by atoms with van der Waals surface area (Å²) in [5.74, 6) is -2.52. The minimum atomic E-state index is -1.25. The minimum absolute atomic E-state index is 0.00571. The van der Waals surface area contributed by atoms with Gasteiger partial charge in [-0.05, 0) is 79.4 Å². The van der Waals surface area contributed by atoms with E-state index in [2.05, 4.69) is 20.5 Å². The van der Waals surface area contributed by atoms with Gasteiger partial charge in [0.15, 0.2) is 0 Å². The van der Waals surface area contributed by atoms with Gasteiger partial charge >= 0.3 is 0 Å². The highest BCUT2D eigenvalue weighted by Gasteiger charge is 2.38. The monoisotopic (exact) mass is 774 g/mol. The molecule has 5 rings (SSSR count). The van der Waals surface area contributed by atoms with Gasteiger partial charge in [0, 0.05) is 42.0 Å². The lowest BCUT2D eigenvalue weighted by atomic mass is 9.76. The normalized spacial score (nSPS) is 21.1. The van der Waals surface area contributed by atoms with E-state index in [1.165, 1.54) is 6.07 Å². The highest BCUT2D eigenvalue weighted by atomic mass is 19.1. The van der Waals surface area contributed by atoms with Crippen molar-refractivity contribution in [1.29, 1.82) is 0 Å². The van der Waals surface area contributed by atoms with E-state index in [1.54, 1.807) is 37.6 Å². The first-order valence-corrected chi connectivity index (χ1v) is 19.8. The van der Waals surface area contributed by atoms with Crippen molar-refractivity contribution in [2.75, 3.05) is 40.0 Å². The Morgan fingerprint density at radius 1 is 0.982 bits per heavy atom. The Bertz CT molecular complexity index is 1730. The van der Waals surface area contributed by atoms with E-state index in [0.29, 0.717) is 24.6 Å². The molecule has 0 radical (unpaired) electrons. The number of aliphatic hydroxyl groups is 2. The van der Waals surface area contributed by atoms with Crippen LogP contribution in [0.25, 0.3) is 11.1 Å². The number of Topliss-reactive ketones (excluding diaryl/α,β-unsaturated/α-hetero) is 1. The number of pyridine rings is 1. The molecule has 2 aliphatic heterocycles. The summed E-state index contributed by atoms with van der Waals surface area (Å²) in [5, 5.41) is 28.8. The van der Waals surface area contributed by atoms with Gasteiger partial charge in [-0.3, -0.25) is 19.3 Å². The first-order valence-electron chi connectivity index (χ1n) is 19.8. The van der Waals surface area contributed by atoms with Crippen molar-refractivity contribution in [3.63, 3.8) is 0 Å². The van der Waals surface area contributed by atoms with E-state index >= 15 is 4.39 Å². The summed E-state index contributed by atoms with van der Waals surface area (Å²) in [6.07, 6.45) is 1.82. The number of benzene rings is 2. The Morgan fingerprint density at radius 3 is 2.30 bits per heavy atom. The summed E-state index contributed by atoms with van der Waals surface area (Å²) < 4.78 is 25.7. The molecule has 4 N–H and O–H groups in total. The number of likely N-dealkylation sites (tertiary alicyclic amines) is 1. The molecule has 0 aliphatic carbocycles. The van der Waals surface area contributed by atoms with Crippen LogP contribution in [0.1, 0.15) is 64.5 Å². The van der Waals surface area contributed by atoms with Crippen LogP contribution in [0.5, 0.6) is 5.88 Å². The second kappa shape index (κ2) is 19.8. The van der Waals surface area contributed by atoms with Crippen molar-refractivity contribution >= 4 is 17.6 Å². The molecule has 304 valence electrons. The summed E-state index contributed by atoms with van der Waals surface area (Å²) in [6, 6.07) is 16.2. The predicted octanol–water partition coefficient (Wildman–Crippen LogP) is 4.76. The predicted molar refractivity (Wildman–Crippen MR) is 212 cm³/mol. The van der Waals surface area contributed by atoms with Crippen LogP contribution in [-0.2, 0) is 32.0 Å². The molecular formula is C44H59FN4O7. The van der Waals surface area contributed by atoms with Crippen LogP contribution in [-0.4, -0.2) is 102 Å². The number of carbonyl (C=O) groups excluding carboxylic acids is 3. The third-order valence-corrected chi connectivity index (χ3v) is 11.2. The minimum Gasteiger partial charge on any atom is -0.481 e. The number of ether oxygens (including phenoxy) is 2. The zero-order chi connectivity index (χ0) is 40.4. The van der Waals surface area contributed by atoms with Crippen LogP contribution in [0, 0.1) is 29.0 Å². The fourth-order valence-electron chi connectivity index (χ4n) is 7.75. The number of hydrogen-bond acceptors (Lipinski definition) is 9. The first kappa shape index (κ1) is 42.9. The number of aliphatic hydroxyl groups excluding tert-OH is 2. The van der Waals surface area contributed by atoms with Crippen molar-refractivity contribution in [3.8, 4) is 17.0 Å². The SMILES string of the molecule is COc1ccc(-c2ccc(C[C@H](NC(=O)[C@@H](CC(=O)CN3CCCC3)C(C)(C)C)[C@@H](O)C[C@@H](Cc3ccccc3F)C(=O)N[C@H]3[C@H](C)COC[C@H]3O)cc2)cn1. The molecule has 2 amide bonds. The van der Waals surface area contributed by atoms with Gasteiger partial charge in [0.25, 0.3) is 0 Å². The third kappa shape index (κ3) is 11.9. The molecule has 1 aromatic heterocycles. The molecule has 2 saturated heterocycles. The zero-order valence-corrected chi connectivity index (χ0v) is 33.4. The number of rotatable bonds is 17. The number of nitrogens with zero attached hydrogens (tertiary/aromatic N) is 2. The van der Waals surface area contributed by atoms with Crippen LogP contribution in [0.2, 0.25) is 0 Å². The van der Waals surface area contributed by atoms with E-state index in [0.717, 1.165) is 42.6 Å². The third-order valence-electron chi connectivity index (χ3n) is 11.2. The highest BCUT2D eigenvalue weighted by Crippen LogP contribution is 2.31. The van der Waals surface area contributed by atoms with Gasteiger partial charge in [0.2, 0.25) is 17.7 Å². The maximum Gasteiger partial charge on any atom is 0.224 e. The molecule has 0 bridgehead atoms. The Hall–Kier alpha value is -4.23. The number of amides is 2. The maximum absolute atomic E-state index is 15.0. The van der Waals surface area contributed by atoms with E-state index in [4.69, 9.17) is 9.47 Å². The van der Waals surface area contributed by atoms with Crippen molar-refractivity contribution < 1.29 is 38.5 Å². The molecule has 0 saturated carbocycles. The fraction of sp³-hybridized carbons (Fsp3) is 0.545. The number of aromatic nitrogens is 1. The topological polar surface area (TPSA) is 150 Å². The molecule has 2 aliphatic rings. The van der Waals surface area contributed by atoms with Crippen LogP contribution in [0.3, 0.4) is 0 Å². The summed E-state index contributed by atoms with van der Waals surface area (Å²) in [4.78, 5) is 48.0. The molecule has 2 aromatic carbocycles. The Balaban J connectivity index is 1.41. The summed E-state index contributed by atoms with van der Waals surface area (Å²) in [6.45, 7) is 10.1. The molecule has 0 unspecified atom stereocenters. The second-order valence-electron chi connectivity index (χ2n) is 16.7. The molecule has 7 atom stereocenters. The number of carbonyl (C=O) groups is 3. The summed E-state index contributed by atoms with van der Waals surface area (Å²) in [5.41, 5.74) is 2.38. The highest BCUT2D eigenvalue weighted by molar-refractivity contribution is 5.88. The van der Waals surface area contributed by atoms with Gasteiger partial charge in [-0.1, -0.05) is 70.2 Å². The molecular weight excluding hydrogens is 716 g/mol. The average Bonchev–Trinajstić information content (AvgIpc) is 3.68. The average molecular weight is 775 g/mol. The molecule has 3 heterocycles. The fourth-order valence-corrected chi connectivity index (χ4v) is 7.75. The van der Waals surface area contributed by atoms with Crippen molar-refractivity contribution in [2.24, 2.45) is 23.2 Å². The molecule has 3 aromatic rings.